The third-order valence-corrected chi connectivity index (χ3v) is 8.95. The second-order valence-corrected chi connectivity index (χ2v) is 13.6. The van der Waals surface area contributed by atoms with Crippen LogP contribution in [0.5, 0.6) is 11.5 Å². The van der Waals surface area contributed by atoms with Crippen molar-refractivity contribution < 1.29 is 9.47 Å². The highest BCUT2D eigenvalue weighted by Crippen LogP contribution is 2.38. The zero-order valence-corrected chi connectivity index (χ0v) is 25.1. The molecule has 3 aliphatic rings. The van der Waals surface area contributed by atoms with E-state index in [1.807, 2.05) is 0 Å². The molecule has 0 amide bonds. The SMILES string of the molecule is CN(CC1CCc2cc(C(C)(C)CN3CCc4cc(C(C)(C)C)ccc43)ccc2O1)c1ccc2c(c1)OCCN2. The number of nitrogens with one attached hydrogen (secondary N) is 1. The molecule has 0 saturated carbocycles. The average molecular weight is 540 g/mol. The summed E-state index contributed by atoms with van der Waals surface area (Å²) in [6.45, 7) is 16.2. The predicted octanol–water partition coefficient (Wildman–Crippen LogP) is 6.96. The average Bonchev–Trinajstić information content (AvgIpc) is 3.33. The van der Waals surface area contributed by atoms with Gasteiger partial charge in [-0.15, -0.1) is 0 Å². The van der Waals surface area contributed by atoms with Crippen LogP contribution in [0.3, 0.4) is 0 Å². The number of hydrogen-bond acceptors (Lipinski definition) is 5. The van der Waals surface area contributed by atoms with Gasteiger partial charge in [0.2, 0.25) is 0 Å². The maximum absolute atomic E-state index is 6.53. The van der Waals surface area contributed by atoms with Gasteiger partial charge in [0.15, 0.2) is 0 Å². The van der Waals surface area contributed by atoms with Crippen molar-refractivity contribution >= 4 is 17.1 Å². The summed E-state index contributed by atoms with van der Waals surface area (Å²) in [5.41, 5.74) is 9.55. The predicted molar refractivity (Wildman–Crippen MR) is 167 cm³/mol. The monoisotopic (exact) mass is 539 g/mol. The lowest BCUT2D eigenvalue weighted by atomic mass is 9.82. The molecule has 0 radical (unpaired) electrons. The largest absolute Gasteiger partial charge is 0.490 e. The van der Waals surface area contributed by atoms with E-state index in [-0.39, 0.29) is 16.9 Å². The highest BCUT2D eigenvalue weighted by molar-refractivity contribution is 5.65. The maximum Gasteiger partial charge on any atom is 0.144 e. The Kier molecular flexibility index (Phi) is 6.88. The fourth-order valence-corrected chi connectivity index (χ4v) is 6.44. The molecule has 0 bridgehead atoms. The lowest BCUT2D eigenvalue weighted by molar-refractivity contribution is 0.179. The lowest BCUT2D eigenvalue weighted by Gasteiger charge is -2.35. The first-order valence-electron chi connectivity index (χ1n) is 15.0. The van der Waals surface area contributed by atoms with Crippen molar-refractivity contribution in [1.82, 2.24) is 0 Å². The molecule has 3 aromatic carbocycles. The summed E-state index contributed by atoms with van der Waals surface area (Å²) in [5.74, 6) is 1.98. The maximum atomic E-state index is 6.53. The van der Waals surface area contributed by atoms with E-state index in [1.54, 1.807) is 0 Å². The van der Waals surface area contributed by atoms with Crippen LogP contribution >= 0.6 is 0 Å². The topological polar surface area (TPSA) is 37.0 Å². The van der Waals surface area contributed by atoms with Gasteiger partial charge in [-0.3, -0.25) is 0 Å². The molecule has 3 aromatic rings. The molecular formula is C35H45N3O2. The van der Waals surface area contributed by atoms with Crippen LogP contribution in [0.1, 0.15) is 63.3 Å². The number of ether oxygens (including phenoxy) is 2. The molecule has 40 heavy (non-hydrogen) atoms. The highest BCUT2D eigenvalue weighted by Gasteiger charge is 2.31. The number of likely N-dealkylation sites (N-methyl/N-ethyl adjacent to an activating group) is 1. The van der Waals surface area contributed by atoms with Gasteiger partial charge in [0.25, 0.3) is 0 Å². The Morgan fingerprint density at radius 3 is 2.52 bits per heavy atom. The first kappa shape index (κ1) is 26.9. The van der Waals surface area contributed by atoms with Crippen molar-refractivity contribution in [3.63, 3.8) is 0 Å². The molecule has 1 atom stereocenters. The van der Waals surface area contributed by atoms with Gasteiger partial charge in [-0.2, -0.15) is 0 Å². The molecule has 5 nitrogen and oxygen atoms in total. The number of hydrogen-bond donors (Lipinski definition) is 1. The minimum absolute atomic E-state index is 0.0414. The van der Waals surface area contributed by atoms with Crippen LogP contribution in [0.4, 0.5) is 17.1 Å². The van der Waals surface area contributed by atoms with Gasteiger partial charge in [-0.1, -0.05) is 58.9 Å². The zero-order chi connectivity index (χ0) is 28.1. The van der Waals surface area contributed by atoms with E-state index in [2.05, 4.69) is 111 Å². The van der Waals surface area contributed by atoms with Gasteiger partial charge in [0.05, 0.1) is 12.2 Å². The van der Waals surface area contributed by atoms with Crippen molar-refractivity contribution in [2.45, 2.75) is 70.8 Å². The second kappa shape index (κ2) is 10.2. The van der Waals surface area contributed by atoms with Gasteiger partial charge in [0, 0.05) is 49.5 Å². The van der Waals surface area contributed by atoms with E-state index >= 15 is 0 Å². The lowest BCUT2D eigenvalue weighted by Crippen LogP contribution is -2.37. The summed E-state index contributed by atoms with van der Waals surface area (Å²) >= 11 is 0. The molecule has 0 spiro atoms. The van der Waals surface area contributed by atoms with E-state index in [9.17, 15) is 0 Å². The third kappa shape index (κ3) is 5.35. The first-order valence-corrected chi connectivity index (χ1v) is 15.0. The van der Waals surface area contributed by atoms with Crippen LogP contribution in [-0.4, -0.2) is 45.9 Å². The quantitative estimate of drug-likeness (QED) is 0.367. The Hall–Kier alpha value is -3.34. The summed E-state index contributed by atoms with van der Waals surface area (Å²) in [6.07, 6.45) is 3.39. The van der Waals surface area contributed by atoms with Gasteiger partial charge in [0.1, 0.15) is 24.2 Å². The van der Waals surface area contributed by atoms with E-state index < -0.39 is 0 Å². The van der Waals surface area contributed by atoms with Crippen molar-refractivity contribution in [2.24, 2.45) is 0 Å². The van der Waals surface area contributed by atoms with Gasteiger partial charge in [-0.25, -0.2) is 0 Å². The second-order valence-electron chi connectivity index (χ2n) is 13.6. The Bertz CT molecular complexity index is 1390. The third-order valence-electron chi connectivity index (χ3n) is 8.95. The fourth-order valence-electron chi connectivity index (χ4n) is 6.44. The molecular weight excluding hydrogens is 494 g/mol. The molecule has 0 saturated heterocycles. The Balaban J connectivity index is 1.11. The van der Waals surface area contributed by atoms with Crippen LogP contribution in [0, 0.1) is 0 Å². The smallest absolute Gasteiger partial charge is 0.144 e. The summed E-state index contributed by atoms with van der Waals surface area (Å²) in [4.78, 5) is 4.87. The Labute approximate surface area is 240 Å². The number of benzene rings is 3. The molecule has 3 heterocycles. The molecule has 0 aliphatic carbocycles. The fraction of sp³-hybridized carbons (Fsp3) is 0.486. The molecule has 1 N–H and O–H groups in total. The summed E-state index contributed by atoms with van der Waals surface area (Å²) < 4.78 is 12.4. The Morgan fingerprint density at radius 2 is 1.70 bits per heavy atom. The molecule has 1 unspecified atom stereocenters. The van der Waals surface area contributed by atoms with E-state index in [0.717, 1.165) is 68.3 Å². The summed E-state index contributed by atoms with van der Waals surface area (Å²) in [7, 11) is 2.14. The van der Waals surface area contributed by atoms with E-state index in [0.29, 0.717) is 6.61 Å². The molecule has 0 aromatic heterocycles. The van der Waals surface area contributed by atoms with Crippen molar-refractivity contribution in [1.29, 1.82) is 0 Å². The standard InChI is InChI=1S/C35H45N3O2/c1-34(2,3)26-8-13-31-24(19-26)15-17-38(31)23-35(4,5)27-9-14-32-25(20-27)7-11-29(40-32)22-37(6)28-10-12-30-33(21-28)39-18-16-36-30/h8-10,12-14,19-21,29,36H,7,11,15-18,22-23H2,1-6H3. The minimum atomic E-state index is 0.0414. The first-order chi connectivity index (χ1) is 19.1. The van der Waals surface area contributed by atoms with Gasteiger partial charge < -0.3 is 24.6 Å². The van der Waals surface area contributed by atoms with Gasteiger partial charge in [-0.05, 0) is 71.2 Å². The number of nitrogens with zero attached hydrogens (tertiary/aromatic N) is 2. The van der Waals surface area contributed by atoms with Crippen molar-refractivity contribution in [3.8, 4) is 11.5 Å². The van der Waals surface area contributed by atoms with Crippen LogP contribution in [0.25, 0.3) is 0 Å². The minimum Gasteiger partial charge on any atom is -0.490 e. The number of anilines is 3. The number of fused-ring (bicyclic) bond motifs is 3. The highest BCUT2D eigenvalue weighted by atomic mass is 16.5. The van der Waals surface area contributed by atoms with Crippen LogP contribution in [-0.2, 0) is 23.7 Å². The molecule has 3 aliphatic heterocycles. The zero-order valence-electron chi connectivity index (χ0n) is 25.1. The van der Waals surface area contributed by atoms with Crippen LogP contribution < -0.4 is 24.6 Å². The number of aryl methyl sites for hydroxylation is 1. The summed E-state index contributed by atoms with van der Waals surface area (Å²) in [6, 6.07) is 20.4. The van der Waals surface area contributed by atoms with Crippen molar-refractivity contribution in [2.75, 3.05) is 55.0 Å². The van der Waals surface area contributed by atoms with Gasteiger partial charge >= 0.3 is 0 Å². The Morgan fingerprint density at radius 1 is 0.900 bits per heavy atom. The summed E-state index contributed by atoms with van der Waals surface area (Å²) in [5, 5.41) is 3.40. The van der Waals surface area contributed by atoms with E-state index in [1.165, 1.54) is 27.9 Å². The van der Waals surface area contributed by atoms with E-state index in [4.69, 9.17) is 9.47 Å². The molecule has 212 valence electrons. The molecule has 5 heteroatoms. The number of rotatable bonds is 6. The molecule has 6 rings (SSSR count). The van der Waals surface area contributed by atoms with Crippen LogP contribution in [0.2, 0.25) is 0 Å². The van der Waals surface area contributed by atoms with Crippen molar-refractivity contribution in [3.05, 3.63) is 76.9 Å². The van der Waals surface area contributed by atoms with Crippen LogP contribution in [0.15, 0.2) is 54.6 Å². The molecule has 0 fully saturated rings. The normalized spacial score (nSPS) is 18.1.